The molecule has 2 unspecified atom stereocenters. The predicted octanol–water partition coefficient (Wildman–Crippen LogP) is 4.72. The molecule has 0 heterocycles. The van der Waals surface area contributed by atoms with Gasteiger partial charge >= 0.3 is 0 Å². The lowest BCUT2D eigenvalue weighted by Gasteiger charge is -2.43. The van der Waals surface area contributed by atoms with Gasteiger partial charge in [0, 0.05) is 5.41 Å². The molecule has 0 bridgehead atoms. The molecule has 1 saturated carbocycles. The third-order valence-corrected chi connectivity index (χ3v) is 4.21. The second-order valence-corrected chi connectivity index (χ2v) is 5.68. The average Bonchev–Trinajstić information content (AvgIpc) is 2.42. The second kappa shape index (κ2) is 9.19. The average molecular weight is 266 g/mol. The maximum Gasteiger partial charge on any atom is 0.0954 e. The smallest absolute Gasteiger partial charge is 0.0954 e. The Balaban J connectivity index is 2.69. The van der Waals surface area contributed by atoms with Crippen LogP contribution >= 0.6 is 0 Å². The molecule has 0 spiro atoms. The minimum absolute atomic E-state index is 0.205. The summed E-state index contributed by atoms with van der Waals surface area (Å²) in [5.41, 5.74) is 0.205. The highest BCUT2D eigenvalue weighted by atomic mass is 16.5. The van der Waals surface area contributed by atoms with Crippen molar-refractivity contribution in [2.75, 3.05) is 19.8 Å². The molecule has 0 aliphatic heterocycles. The summed E-state index contributed by atoms with van der Waals surface area (Å²) >= 11 is 0. The van der Waals surface area contributed by atoms with Crippen molar-refractivity contribution in [1.29, 1.82) is 0 Å². The van der Waals surface area contributed by atoms with Crippen molar-refractivity contribution in [1.82, 2.24) is 0 Å². The first-order chi connectivity index (χ1) is 9.29. The van der Waals surface area contributed by atoms with Gasteiger partial charge in [-0.15, -0.1) is 6.58 Å². The normalized spacial score (nSPS) is 27.6. The summed E-state index contributed by atoms with van der Waals surface area (Å²) in [5, 5.41) is 0. The van der Waals surface area contributed by atoms with Gasteiger partial charge in [-0.05, 0) is 32.1 Å². The molecule has 1 aliphatic carbocycles. The van der Waals surface area contributed by atoms with E-state index in [1.165, 1.54) is 38.5 Å². The zero-order valence-corrected chi connectivity index (χ0v) is 12.7. The number of allylic oxidation sites excluding steroid dienone is 1. The molecule has 1 aliphatic rings. The Hall–Kier alpha value is -0.760. The van der Waals surface area contributed by atoms with Crippen LogP contribution in [0.1, 0.15) is 52.4 Å². The molecule has 2 nitrogen and oxygen atoms in total. The van der Waals surface area contributed by atoms with Crippen LogP contribution in [0.4, 0.5) is 0 Å². The summed E-state index contributed by atoms with van der Waals surface area (Å²) in [4.78, 5) is 0. The first-order valence-corrected chi connectivity index (χ1v) is 7.70. The molecule has 0 aromatic carbocycles. The van der Waals surface area contributed by atoms with Crippen LogP contribution in [-0.4, -0.2) is 19.8 Å². The van der Waals surface area contributed by atoms with Crippen molar-refractivity contribution in [2.45, 2.75) is 52.4 Å². The van der Waals surface area contributed by atoms with E-state index >= 15 is 0 Å². The molecule has 0 amide bonds. The Morgan fingerprint density at radius 1 is 1.32 bits per heavy atom. The van der Waals surface area contributed by atoms with Crippen LogP contribution in [0.2, 0.25) is 0 Å². The first-order valence-electron chi connectivity index (χ1n) is 7.70. The molecule has 0 radical (unpaired) electrons. The van der Waals surface area contributed by atoms with E-state index in [0.29, 0.717) is 6.61 Å². The fourth-order valence-corrected chi connectivity index (χ4v) is 3.25. The second-order valence-electron chi connectivity index (χ2n) is 5.68. The van der Waals surface area contributed by atoms with Gasteiger partial charge in [0.15, 0.2) is 0 Å². The lowest BCUT2D eigenvalue weighted by Crippen LogP contribution is -2.42. The van der Waals surface area contributed by atoms with Gasteiger partial charge in [-0.3, -0.25) is 0 Å². The molecular formula is C17H30O2. The van der Waals surface area contributed by atoms with Crippen LogP contribution < -0.4 is 0 Å². The summed E-state index contributed by atoms with van der Waals surface area (Å²) in [6, 6.07) is 0. The number of rotatable bonds is 9. The van der Waals surface area contributed by atoms with Gasteiger partial charge in [0.2, 0.25) is 0 Å². The van der Waals surface area contributed by atoms with E-state index in [4.69, 9.17) is 9.47 Å². The largest absolute Gasteiger partial charge is 0.501 e. The highest BCUT2D eigenvalue weighted by Crippen LogP contribution is 2.44. The number of hydrogen-bond acceptors (Lipinski definition) is 2. The van der Waals surface area contributed by atoms with Crippen molar-refractivity contribution in [3.8, 4) is 0 Å². The molecule has 110 valence electrons. The predicted molar refractivity (Wildman–Crippen MR) is 81.1 cm³/mol. The van der Waals surface area contributed by atoms with Crippen molar-refractivity contribution >= 4 is 0 Å². The third kappa shape index (κ3) is 5.02. The van der Waals surface area contributed by atoms with E-state index in [1.54, 1.807) is 0 Å². The lowest BCUT2D eigenvalue weighted by molar-refractivity contribution is -0.0538. The summed E-state index contributed by atoms with van der Waals surface area (Å²) in [6.45, 7) is 10.2. The van der Waals surface area contributed by atoms with Crippen molar-refractivity contribution in [3.63, 3.8) is 0 Å². The third-order valence-electron chi connectivity index (χ3n) is 4.21. The Bertz CT molecular complexity index is 270. The fourth-order valence-electron chi connectivity index (χ4n) is 3.25. The molecule has 0 saturated heterocycles. The van der Waals surface area contributed by atoms with Crippen LogP contribution in [-0.2, 0) is 9.47 Å². The molecule has 0 N–H and O–H groups in total. The van der Waals surface area contributed by atoms with Gasteiger partial charge in [-0.1, -0.05) is 38.3 Å². The molecule has 1 rings (SSSR count). The summed E-state index contributed by atoms with van der Waals surface area (Å²) in [5.74, 6) is 0.737. The zero-order valence-electron chi connectivity index (χ0n) is 12.7. The quantitative estimate of drug-likeness (QED) is 0.342. The molecule has 0 aromatic heterocycles. The van der Waals surface area contributed by atoms with Gasteiger partial charge in [0.25, 0.3) is 0 Å². The maximum atomic E-state index is 5.81. The van der Waals surface area contributed by atoms with E-state index in [0.717, 1.165) is 19.1 Å². The van der Waals surface area contributed by atoms with E-state index in [1.807, 2.05) is 25.3 Å². The molecule has 1 fully saturated rings. The molecule has 0 aromatic rings. The summed E-state index contributed by atoms with van der Waals surface area (Å²) in [6.07, 6.45) is 13.3. The molecule has 19 heavy (non-hydrogen) atoms. The van der Waals surface area contributed by atoms with Crippen molar-refractivity contribution < 1.29 is 9.47 Å². The number of ether oxygens (including phenoxy) is 2. The fraction of sp³-hybridized carbons (Fsp3) is 0.765. The van der Waals surface area contributed by atoms with Gasteiger partial charge in [-0.25, -0.2) is 0 Å². The maximum absolute atomic E-state index is 5.81. The monoisotopic (exact) mass is 266 g/mol. The molecule has 2 atom stereocenters. The lowest BCUT2D eigenvalue weighted by atomic mass is 9.65. The summed E-state index contributed by atoms with van der Waals surface area (Å²) in [7, 11) is 0. The van der Waals surface area contributed by atoms with Crippen LogP contribution in [0.3, 0.4) is 0 Å². The van der Waals surface area contributed by atoms with Crippen LogP contribution in [0.15, 0.2) is 25.0 Å². The van der Waals surface area contributed by atoms with E-state index < -0.39 is 0 Å². The van der Waals surface area contributed by atoms with E-state index in [-0.39, 0.29) is 5.41 Å². The highest BCUT2D eigenvalue weighted by Gasteiger charge is 2.41. The van der Waals surface area contributed by atoms with Crippen molar-refractivity contribution in [2.24, 2.45) is 11.3 Å². The Morgan fingerprint density at radius 2 is 2.16 bits per heavy atom. The van der Waals surface area contributed by atoms with Gasteiger partial charge in [-0.2, -0.15) is 0 Å². The van der Waals surface area contributed by atoms with Crippen LogP contribution in [0, 0.1) is 11.3 Å². The standard InChI is InChI=1S/C17H30O2/c1-4-9-16-10-7-8-11-17(16,14-18-12-5-2)15-19-13-6-3/h5-6,13,16H,2,4,7-12,14-15H2,1,3H3. The minimum atomic E-state index is 0.205. The topological polar surface area (TPSA) is 18.5 Å². The SMILES string of the molecule is C=CCOCC1(COC=CC)CCCCC1CCC. The van der Waals surface area contributed by atoms with Crippen molar-refractivity contribution in [3.05, 3.63) is 25.0 Å². The van der Waals surface area contributed by atoms with Gasteiger partial charge < -0.3 is 9.47 Å². The zero-order chi connectivity index (χ0) is 14.0. The minimum Gasteiger partial charge on any atom is -0.501 e. The number of hydrogen-bond donors (Lipinski definition) is 0. The highest BCUT2D eigenvalue weighted by molar-refractivity contribution is 4.91. The molecule has 2 heteroatoms. The van der Waals surface area contributed by atoms with Gasteiger partial charge in [0.1, 0.15) is 0 Å². The van der Waals surface area contributed by atoms with Gasteiger partial charge in [0.05, 0.1) is 26.1 Å². The van der Waals surface area contributed by atoms with Crippen LogP contribution in [0.25, 0.3) is 0 Å². The van der Waals surface area contributed by atoms with Crippen LogP contribution in [0.5, 0.6) is 0 Å². The Labute approximate surface area is 118 Å². The first kappa shape index (κ1) is 16.3. The summed E-state index contributed by atoms with van der Waals surface area (Å²) < 4.78 is 11.6. The van der Waals surface area contributed by atoms with E-state index in [2.05, 4.69) is 13.5 Å². The Kier molecular flexibility index (Phi) is 7.88. The van der Waals surface area contributed by atoms with E-state index in [9.17, 15) is 0 Å². The molecular weight excluding hydrogens is 236 g/mol. The Morgan fingerprint density at radius 3 is 2.84 bits per heavy atom.